The third-order valence-corrected chi connectivity index (χ3v) is 1.54. The molecule has 4 N–H and O–H groups in total. The molecule has 0 radical (unpaired) electrons. The molecular formula is C8H14ClN3. The molecular weight excluding hydrogens is 174 g/mol. The van der Waals surface area contributed by atoms with E-state index in [1.165, 1.54) is 0 Å². The average Bonchev–Trinajstić information content (AvgIpc) is 2.03. The van der Waals surface area contributed by atoms with Crippen LogP contribution < -0.4 is 11.5 Å². The van der Waals surface area contributed by atoms with Gasteiger partial charge in [0, 0.05) is 12.2 Å². The van der Waals surface area contributed by atoms with Gasteiger partial charge in [-0.1, -0.05) is 6.07 Å². The van der Waals surface area contributed by atoms with Crippen molar-refractivity contribution in [1.29, 1.82) is 0 Å². The molecule has 0 fully saturated rings. The Bertz CT molecular complexity index is 239. The molecule has 0 spiro atoms. The summed E-state index contributed by atoms with van der Waals surface area (Å²) in [5.74, 6) is 0. The first-order valence-corrected chi connectivity index (χ1v) is 3.63. The SMILES string of the molecule is Cc1cccc([C@@H](N)CN)n1.Cl. The number of pyridine rings is 1. The fourth-order valence-corrected chi connectivity index (χ4v) is 0.891. The molecule has 0 aromatic carbocycles. The quantitative estimate of drug-likeness (QED) is 0.719. The minimum Gasteiger partial charge on any atom is -0.329 e. The first-order chi connectivity index (χ1) is 5.24. The Morgan fingerprint density at radius 1 is 1.50 bits per heavy atom. The van der Waals surface area contributed by atoms with Gasteiger partial charge in [-0.05, 0) is 19.1 Å². The lowest BCUT2D eigenvalue weighted by molar-refractivity contribution is 0.708. The third-order valence-electron chi connectivity index (χ3n) is 1.54. The Labute approximate surface area is 78.6 Å². The van der Waals surface area contributed by atoms with E-state index in [2.05, 4.69) is 4.98 Å². The number of hydrogen-bond acceptors (Lipinski definition) is 3. The molecule has 3 nitrogen and oxygen atoms in total. The van der Waals surface area contributed by atoms with Crippen LogP contribution in [0, 0.1) is 6.92 Å². The molecule has 1 atom stereocenters. The van der Waals surface area contributed by atoms with Crippen molar-refractivity contribution in [2.24, 2.45) is 11.5 Å². The van der Waals surface area contributed by atoms with Gasteiger partial charge in [0.2, 0.25) is 0 Å². The largest absolute Gasteiger partial charge is 0.329 e. The van der Waals surface area contributed by atoms with Crippen molar-refractivity contribution < 1.29 is 0 Å². The van der Waals surface area contributed by atoms with Gasteiger partial charge in [-0.3, -0.25) is 4.98 Å². The number of aryl methyl sites for hydroxylation is 1. The van der Waals surface area contributed by atoms with Crippen LogP contribution in [0.5, 0.6) is 0 Å². The van der Waals surface area contributed by atoms with Crippen molar-refractivity contribution in [3.8, 4) is 0 Å². The summed E-state index contributed by atoms with van der Waals surface area (Å²) in [4.78, 5) is 4.24. The van der Waals surface area contributed by atoms with Gasteiger partial charge in [-0.25, -0.2) is 0 Å². The van der Waals surface area contributed by atoms with Crippen molar-refractivity contribution in [2.45, 2.75) is 13.0 Å². The normalized spacial score (nSPS) is 11.9. The van der Waals surface area contributed by atoms with E-state index in [-0.39, 0.29) is 18.4 Å². The molecule has 0 aliphatic carbocycles. The first kappa shape index (κ1) is 11.4. The van der Waals surface area contributed by atoms with E-state index < -0.39 is 0 Å². The minimum atomic E-state index is -0.130. The highest BCUT2D eigenvalue weighted by atomic mass is 35.5. The average molecular weight is 188 g/mol. The topological polar surface area (TPSA) is 64.9 Å². The Morgan fingerprint density at radius 3 is 2.67 bits per heavy atom. The molecule has 1 aromatic heterocycles. The summed E-state index contributed by atoms with van der Waals surface area (Å²) in [5, 5.41) is 0. The van der Waals surface area contributed by atoms with Crippen LogP contribution in [-0.4, -0.2) is 11.5 Å². The van der Waals surface area contributed by atoms with E-state index in [0.29, 0.717) is 6.54 Å². The van der Waals surface area contributed by atoms with Gasteiger partial charge in [0.15, 0.2) is 0 Å². The number of halogens is 1. The summed E-state index contributed by atoms with van der Waals surface area (Å²) >= 11 is 0. The smallest absolute Gasteiger partial charge is 0.0594 e. The molecule has 1 aromatic rings. The molecule has 12 heavy (non-hydrogen) atoms. The zero-order valence-corrected chi connectivity index (χ0v) is 7.84. The van der Waals surface area contributed by atoms with Gasteiger partial charge in [-0.15, -0.1) is 12.4 Å². The van der Waals surface area contributed by atoms with Crippen LogP contribution in [0.15, 0.2) is 18.2 Å². The van der Waals surface area contributed by atoms with Crippen LogP contribution in [0.2, 0.25) is 0 Å². The van der Waals surface area contributed by atoms with Crippen molar-refractivity contribution >= 4 is 12.4 Å². The lowest BCUT2D eigenvalue weighted by atomic mass is 10.2. The Kier molecular flexibility index (Phi) is 4.81. The molecule has 0 aliphatic rings. The molecule has 0 bridgehead atoms. The van der Waals surface area contributed by atoms with Crippen LogP contribution in [0.4, 0.5) is 0 Å². The van der Waals surface area contributed by atoms with E-state index in [1.54, 1.807) is 0 Å². The first-order valence-electron chi connectivity index (χ1n) is 3.63. The zero-order chi connectivity index (χ0) is 8.27. The van der Waals surface area contributed by atoms with Crippen LogP contribution in [0.25, 0.3) is 0 Å². The van der Waals surface area contributed by atoms with E-state index in [0.717, 1.165) is 11.4 Å². The fraction of sp³-hybridized carbons (Fsp3) is 0.375. The van der Waals surface area contributed by atoms with Crippen molar-refractivity contribution in [3.05, 3.63) is 29.6 Å². The van der Waals surface area contributed by atoms with Gasteiger partial charge in [0.25, 0.3) is 0 Å². The lowest BCUT2D eigenvalue weighted by Crippen LogP contribution is -2.21. The Balaban J connectivity index is 0.00000121. The summed E-state index contributed by atoms with van der Waals surface area (Å²) in [6.07, 6.45) is 0. The summed E-state index contributed by atoms with van der Waals surface area (Å²) in [7, 11) is 0. The zero-order valence-electron chi connectivity index (χ0n) is 7.03. The minimum absolute atomic E-state index is 0. The van der Waals surface area contributed by atoms with Crippen molar-refractivity contribution in [2.75, 3.05) is 6.54 Å². The molecule has 0 amide bonds. The fourth-order valence-electron chi connectivity index (χ4n) is 0.891. The highest BCUT2D eigenvalue weighted by molar-refractivity contribution is 5.85. The van der Waals surface area contributed by atoms with Gasteiger partial charge < -0.3 is 11.5 Å². The highest BCUT2D eigenvalue weighted by Gasteiger charge is 2.03. The number of hydrogen-bond donors (Lipinski definition) is 2. The molecule has 0 unspecified atom stereocenters. The second-order valence-corrected chi connectivity index (χ2v) is 2.55. The number of nitrogens with zero attached hydrogens (tertiary/aromatic N) is 1. The third kappa shape index (κ3) is 2.77. The summed E-state index contributed by atoms with van der Waals surface area (Å²) in [5.41, 5.74) is 12.9. The summed E-state index contributed by atoms with van der Waals surface area (Å²) in [6, 6.07) is 5.64. The monoisotopic (exact) mass is 187 g/mol. The number of nitrogens with two attached hydrogens (primary N) is 2. The van der Waals surface area contributed by atoms with Crippen LogP contribution in [0.3, 0.4) is 0 Å². The molecule has 1 rings (SSSR count). The standard InChI is InChI=1S/C8H13N3.ClH/c1-6-3-2-4-8(11-6)7(10)5-9;/h2-4,7H,5,9-10H2,1H3;1H/t7-;/m0./s1. The molecule has 0 saturated carbocycles. The van der Waals surface area contributed by atoms with E-state index >= 15 is 0 Å². The van der Waals surface area contributed by atoms with Crippen LogP contribution in [-0.2, 0) is 0 Å². The van der Waals surface area contributed by atoms with Gasteiger partial charge in [-0.2, -0.15) is 0 Å². The van der Waals surface area contributed by atoms with E-state index in [9.17, 15) is 0 Å². The van der Waals surface area contributed by atoms with Gasteiger partial charge in [0.1, 0.15) is 0 Å². The van der Waals surface area contributed by atoms with Crippen molar-refractivity contribution in [1.82, 2.24) is 4.98 Å². The summed E-state index contributed by atoms with van der Waals surface area (Å²) in [6.45, 7) is 2.38. The predicted octanol–water partition coefficient (Wildman–Crippen LogP) is 0.770. The van der Waals surface area contributed by atoms with E-state index in [1.807, 2.05) is 25.1 Å². The lowest BCUT2D eigenvalue weighted by Gasteiger charge is -2.07. The molecule has 4 heteroatoms. The summed E-state index contributed by atoms with van der Waals surface area (Å²) < 4.78 is 0. The molecule has 68 valence electrons. The Morgan fingerprint density at radius 2 is 2.17 bits per heavy atom. The second-order valence-electron chi connectivity index (χ2n) is 2.55. The maximum Gasteiger partial charge on any atom is 0.0594 e. The van der Waals surface area contributed by atoms with E-state index in [4.69, 9.17) is 11.5 Å². The predicted molar refractivity (Wildman–Crippen MR) is 52.2 cm³/mol. The van der Waals surface area contributed by atoms with Gasteiger partial charge in [0.05, 0.1) is 11.7 Å². The molecule has 0 saturated heterocycles. The highest BCUT2D eigenvalue weighted by Crippen LogP contribution is 2.05. The van der Waals surface area contributed by atoms with Crippen molar-refractivity contribution in [3.63, 3.8) is 0 Å². The second kappa shape index (κ2) is 5.09. The van der Waals surface area contributed by atoms with Crippen LogP contribution in [0.1, 0.15) is 17.4 Å². The number of rotatable bonds is 2. The number of aromatic nitrogens is 1. The van der Waals surface area contributed by atoms with Crippen LogP contribution >= 0.6 is 12.4 Å². The molecule has 0 aliphatic heterocycles. The maximum atomic E-state index is 5.68. The van der Waals surface area contributed by atoms with Gasteiger partial charge >= 0.3 is 0 Å². The Hall–Kier alpha value is -0.640. The maximum absolute atomic E-state index is 5.68. The molecule has 1 heterocycles.